The molecule has 26 aromatic rings. The molecule has 0 aliphatic rings. The number of aromatic nitrogens is 2. The van der Waals surface area contributed by atoms with Crippen LogP contribution in [0.4, 0.5) is 34.1 Å². The first-order valence-electron chi connectivity index (χ1n) is 45.8. The zero-order valence-electron chi connectivity index (χ0n) is 73.1. The number of benzene rings is 22. The van der Waals surface area contributed by atoms with Gasteiger partial charge in [0.15, 0.2) is 0 Å². The number of hydrogen-bond acceptors (Lipinski definition) is 4. The summed E-state index contributed by atoms with van der Waals surface area (Å²) < 4.78 is 18.2. The summed E-state index contributed by atoms with van der Waals surface area (Å²) in [5, 5.41) is 14.3. The maximum Gasteiger partial charge on any atom is 0.143 e. The highest BCUT2D eigenvalue weighted by Crippen LogP contribution is 2.52. The second kappa shape index (κ2) is 33.3. The van der Waals surface area contributed by atoms with E-state index in [9.17, 15) is 0 Å². The quantitative estimate of drug-likeness (QED) is 0.0967. The summed E-state index contributed by atoms with van der Waals surface area (Å²) in [5.74, 6) is 0. The van der Waals surface area contributed by atoms with Gasteiger partial charge in [0.25, 0.3) is 0 Å². The van der Waals surface area contributed by atoms with E-state index in [1.54, 1.807) is 0 Å². The molecule has 0 fully saturated rings. The summed E-state index contributed by atoms with van der Waals surface area (Å²) in [5.41, 5.74) is 35.1. The Hall–Kier alpha value is -17.8. The molecule has 0 atom stereocenters. The van der Waals surface area contributed by atoms with Gasteiger partial charge in [-0.05, 0) is 187 Å². The fraction of sp³-hybridized carbons (Fsp3) is 0. The molecule has 0 saturated heterocycles. The standard InChI is InChI=1S/2C64H42N2O/c1-2-19-45-42-46(37-36-43(45)18-1)49-21-5-11-30-58(49)65(59-31-12-9-26-54(59)56-28-17-29-57-55-27-10-16-35-63(55)67-64(56)57)47-40-38-44(39-41-47)48-20-3-4-22-50(48)51-23-6-13-32-60(51)66-61-33-14-7-24-52(61)53-25-8-15-34-62(53)66;1-2-18-45-41-47(36-35-43(45)17-1)46-19-15-20-49(42-46)65(59-30-10-8-26-55(59)57-28-16-29-58-56-27-9-14-34-63(56)67-64(57)58)48-39-37-44(38-40-48)50-21-3-4-22-51(50)52-23-5-11-31-60(52)66-61-32-12-6-24-53(61)54-25-7-13-33-62(54)66/h2*1-42H. The van der Waals surface area contributed by atoms with E-state index in [4.69, 9.17) is 8.83 Å². The van der Waals surface area contributed by atoms with Crippen LogP contribution in [0.1, 0.15) is 0 Å². The summed E-state index contributed by atoms with van der Waals surface area (Å²) >= 11 is 0. The Kier molecular flexibility index (Phi) is 19.5. The number of anilines is 6. The second-order valence-corrected chi connectivity index (χ2v) is 34.4. The number of hydrogen-bond donors (Lipinski definition) is 0. The van der Waals surface area contributed by atoms with Crippen molar-refractivity contribution in [2.24, 2.45) is 0 Å². The summed E-state index contributed by atoms with van der Waals surface area (Å²) in [4.78, 5) is 4.82. The average Bonchev–Trinajstić information content (AvgIpc) is 1.25. The van der Waals surface area contributed by atoms with Crippen molar-refractivity contribution in [1.82, 2.24) is 9.13 Å². The van der Waals surface area contributed by atoms with Gasteiger partial charge in [0.2, 0.25) is 0 Å². The molecule has 0 aliphatic carbocycles. The van der Waals surface area contributed by atoms with Gasteiger partial charge in [-0.25, -0.2) is 0 Å². The predicted octanol–water partition coefficient (Wildman–Crippen LogP) is 35.9. The Morgan fingerprint density at radius 1 is 0.157 bits per heavy atom. The molecule has 0 saturated carbocycles. The van der Waals surface area contributed by atoms with Gasteiger partial charge in [-0.1, -0.05) is 394 Å². The summed E-state index contributed by atoms with van der Waals surface area (Å²) in [7, 11) is 0. The molecule has 0 spiro atoms. The predicted molar refractivity (Wildman–Crippen MR) is 564 cm³/mol. The zero-order valence-corrected chi connectivity index (χ0v) is 73.1. The van der Waals surface area contributed by atoms with Crippen LogP contribution in [0.2, 0.25) is 0 Å². The van der Waals surface area contributed by atoms with Crippen molar-refractivity contribution in [2.45, 2.75) is 0 Å². The summed E-state index contributed by atoms with van der Waals surface area (Å²) in [6.45, 7) is 0. The monoisotopic (exact) mass is 1710 g/mol. The fourth-order valence-corrected chi connectivity index (χ4v) is 20.7. The van der Waals surface area contributed by atoms with Crippen LogP contribution < -0.4 is 9.80 Å². The maximum absolute atomic E-state index is 6.68. The molecule has 6 nitrogen and oxygen atoms in total. The van der Waals surface area contributed by atoms with E-state index in [2.05, 4.69) is 516 Å². The molecule has 6 heteroatoms. The third kappa shape index (κ3) is 13.7. The molecule has 0 bridgehead atoms. The Bertz CT molecular complexity index is 8950. The fourth-order valence-electron chi connectivity index (χ4n) is 20.7. The topological polar surface area (TPSA) is 42.6 Å². The average molecular weight is 1710 g/mol. The van der Waals surface area contributed by atoms with Crippen molar-refractivity contribution >= 4 is 143 Å². The van der Waals surface area contributed by atoms with Crippen molar-refractivity contribution < 1.29 is 8.83 Å². The molecule has 0 unspecified atom stereocenters. The van der Waals surface area contributed by atoms with Gasteiger partial charge in [0, 0.05) is 99.1 Å². The Balaban J connectivity index is 0.000000143. The molecule has 0 N–H and O–H groups in total. The number of fused-ring (bicyclic) bond motifs is 14. The third-order valence-corrected chi connectivity index (χ3v) is 26.8. The highest BCUT2D eigenvalue weighted by atomic mass is 16.3. The lowest BCUT2D eigenvalue weighted by Gasteiger charge is -2.30. The molecule has 134 heavy (non-hydrogen) atoms. The van der Waals surface area contributed by atoms with Crippen LogP contribution in [0, 0.1) is 0 Å². The highest BCUT2D eigenvalue weighted by molar-refractivity contribution is 6.15. The molecular weight excluding hydrogens is 1630 g/mol. The van der Waals surface area contributed by atoms with E-state index in [-0.39, 0.29) is 0 Å². The molecule has 0 aliphatic heterocycles. The summed E-state index contributed by atoms with van der Waals surface area (Å²) in [6, 6.07) is 184. The SMILES string of the molecule is c1cc(-c2ccc3ccccc3c2)cc(N(c2ccc(-c3ccccc3-c3ccccc3-n3c4ccccc4c4ccccc43)cc2)c2ccccc2-c2cccc3c2oc2ccccc23)c1.c1ccc(-c2ccccc2-n2c3ccccc3c3ccccc32)c(-c2ccc(N(c3ccccc3-c3ccc4ccccc4c3)c3ccccc3-c3cccc4c3oc3ccccc34)cc2)c1. The van der Waals surface area contributed by atoms with Crippen LogP contribution >= 0.6 is 0 Å². The minimum absolute atomic E-state index is 0.882. The van der Waals surface area contributed by atoms with Crippen LogP contribution in [0.3, 0.4) is 0 Å². The Morgan fingerprint density at radius 3 is 0.933 bits per heavy atom. The normalized spacial score (nSPS) is 11.6. The lowest BCUT2D eigenvalue weighted by molar-refractivity contribution is 0.669. The van der Waals surface area contributed by atoms with E-state index >= 15 is 0 Å². The molecular formula is C128H84N4O2. The lowest BCUT2D eigenvalue weighted by Crippen LogP contribution is -2.12. The van der Waals surface area contributed by atoms with Crippen LogP contribution in [-0.2, 0) is 0 Å². The molecule has 4 aromatic heterocycles. The molecule has 0 amide bonds. The first-order valence-corrected chi connectivity index (χ1v) is 45.8. The Morgan fingerprint density at radius 2 is 0.463 bits per heavy atom. The van der Waals surface area contributed by atoms with Gasteiger partial charge in [-0.2, -0.15) is 0 Å². The van der Waals surface area contributed by atoms with Gasteiger partial charge < -0.3 is 27.8 Å². The van der Waals surface area contributed by atoms with Gasteiger partial charge in [-0.15, -0.1) is 0 Å². The van der Waals surface area contributed by atoms with Gasteiger partial charge in [0.05, 0.1) is 50.5 Å². The number of rotatable bonds is 16. The molecule has 4 heterocycles. The number of nitrogens with zero attached hydrogens (tertiary/aromatic N) is 4. The van der Waals surface area contributed by atoms with Gasteiger partial charge in [-0.3, -0.25) is 0 Å². The van der Waals surface area contributed by atoms with Crippen LogP contribution in [-0.4, -0.2) is 9.13 Å². The molecule has 628 valence electrons. The summed E-state index contributed by atoms with van der Waals surface area (Å²) in [6.07, 6.45) is 0. The van der Waals surface area contributed by atoms with Crippen LogP contribution in [0.25, 0.3) is 209 Å². The molecule has 26 rings (SSSR count). The van der Waals surface area contributed by atoms with E-state index in [1.807, 2.05) is 12.1 Å². The lowest BCUT2D eigenvalue weighted by atomic mass is 9.93. The van der Waals surface area contributed by atoms with Crippen LogP contribution in [0.5, 0.6) is 0 Å². The van der Waals surface area contributed by atoms with E-state index in [1.165, 1.54) is 104 Å². The first kappa shape index (κ1) is 78.4. The van der Waals surface area contributed by atoms with Crippen molar-refractivity contribution in [2.75, 3.05) is 9.80 Å². The van der Waals surface area contributed by atoms with Crippen molar-refractivity contribution in [3.63, 3.8) is 0 Å². The van der Waals surface area contributed by atoms with Crippen LogP contribution in [0.15, 0.2) is 518 Å². The molecule has 0 radical (unpaired) electrons. The minimum Gasteiger partial charge on any atom is -0.455 e. The van der Waals surface area contributed by atoms with Crippen molar-refractivity contribution in [1.29, 1.82) is 0 Å². The number of furan rings is 2. The van der Waals surface area contributed by atoms with Crippen molar-refractivity contribution in [3.8, 4) is 100 Å². The van der Waals surface area contributed by atoms with E-state index < -0.39 is 0 Å². The van der Waals surface area contributed by atoms with E-state index in [0.717, 1.165) is 139 Å². The third-order valence-electron chi connectivity index (χ3n) is 26.8. The van der Waals surface area contributed by atoms with E-state index in [0.29, 0.717) is 0 Å². The zero-order chi connectivity index (χ0) is 88.5. The smallest absolute Gasteiger partial charge is 0.143 e. The second-order valence-electron chi connectivity index (χ2n) is 34.4. The van der Waals surface area contributed by atoms with Crippen molar-refractivity contribution in [3.05, 3.63) is 510 Å². The first-order chi connectivity index (χ1) is 66.5. The minimum atomic E-state index is 0.882. The maximum atomic E-state index is 6.68. The largest absolute Gasteiger partial charge is 0.455 e. The van der Waals surface area contributed by atoms with Gasteiger partial charge in [0.1, 0.15) is 22.3 Å². The Labute approximate surface area is 775 Å². The number of para-hydroxylation sites is 13. The highest BCUT2D eigenvalue weighted by Gasteiger charge is 2.28. The molecule has 22 aromatic carbocycles. The van der Waals surface area contributed by atoms with Gasteiger partial charge >= 0.3 is 0 Å².